The summed E-state index contributed by atoms with van der Waals surface area (Å²) in [5, 5.41) is 0. The Bertz CT molecular complexity index is 610. The lowest BCUT2D eigenvalue weighted by atomic mass is 10.0. The van der Waals surface area contributed by atoms with Crippen LogP contribution in [0.2, 0.25) is 0 Å². The van der Waals surface area contributed by atoms with E-state index >= 15 is 0 Å². The zero-order chi connectivity index (χ0) is 17.2. The smallest absolute Gasteiger partial charge is 0.410 e. The highest BCUT2D eigenvalue weighted by Gasteiger charge is 2.34. The number of Topliss-reactive ketones (excluding diaryl/α,β-unsaturated/α-hetero) is 1. The highest BCUT2D eigenvalue weighted by atomic mass is 19.1. The maximum Gasteiger partial charge on any atom is 0.410 e. The Balaban J connectivity index is 2.07. The van der Waals surface area contributed by atoms with Crippen molar-refractivity contribution in [2.75, 3.05) is 6.54 Å². The fourth-order valence-electron chi connectivity index (χ4n) is 2.64. The molecule has 0 N–H and O–H groups in total. The van der Waals surface area contributed by atoms with Crippen LogP contribution in [-0.2, 0) is 4.74 Å². The molecule has 2 rings (SSSR count). The molecule has 1 heterocycles. The Labute approximate surface area is 134 Å². The predicted octanol–water partition coefficient (Wildman–Crippen LogP) is 3.94. The summed E-state index contributed by atoms with van der Waals surface area (Å²) in [7, 11) is 0. The summed E-state index contributed by atoms with van der Waals surface area (Å²) in [5.74, 6) is -1.93. The number of rotatable bonds is 3. The normalized spacial score (nSPS) is 18.1. The van der Waals surface area contributed by atoms with Gasteiger partial charge in [0.15, 0.2) is 5.78 Å². The summed E-state index contributed by atoms with van der Waals surface area (Å²) in [4.78, 5) is 25.9. The van der Waals surface area contributed by atoms with Crippen molar-refractivity contribution in [1.29, 1.82) is 0 Å². The maximum absolute atomic E-state index is 13.7. The van der Waals surface area contributed by atoms with Crippen LogP contribution in [0.3, 0.4) is 0 Å². The zero-order valence-electron chi connectivity index (χ0n) is 13.6. The van der Waals surface area contributed by atoms with Crippen LogP contribution in [-0.4, -0.2) is 35.0 Å². The second kappa shape index (κ2) is 6.64. The van der Waals surface area contributed by atoms with E-state index in [-0.39, 0.29) is 18.0 Å². The molecule has 23 heavy (non-hydrogen) atoms. The second-order valence-electron chi connectivity index (χ2n) is 6.72. The molecule has 1 fully saturated rings. The molecule has 1 saturated heterocycles. The topological polar surface area (TPSA) is 46.6 Å². The predicted molar refractivity (Wildman–Crippen MR) is 81.3 cm³/mol. The van der Waals surface area contributed by atoms with Crippen molar-refractivity contribution in [3.63, 3.8) is 0 Å². The first-order valence-corrected chi connectivity index (χ1v) is 7.65. The Hall–Kier alpha value is -1.98. The SMILES string of the molecule is CC(C)(C)OC(=O)N1CCCC1CC(=O)c1cc(F)ccc1F. The molecule has 126 valence electrons. The highest BCUT2D eigenvalue weighted by Crippen LogP contribution is 2.25. The van der Waals surface area contributed by atoms with Gasteiger partial charge >= 0.3 is 6.09 Å². The molecule has 0 saturated carbocycles. The summed E-state index contributed by atoms with van der Waals surface area (Å²) in [6.45, 7) is 5.80. The van der Waals surface area contributed by atoms with Crippen LogP contribution in [0.4, 0.5) is 13.6 Å². The monoisotopic (exact) mass is 325 g/mol. The summed E-state index contributed by atoms with van der Waals surface area (Å²) in [6.07, 6.45) is 0.872. The van der Waals surface area contributed by atoms with E-state index in [1.165, 1.54) is 4.90 Å². The van der Waals surface area contributed by atoms with E-state index in [2.05, 4.69) is 0 Å². The van der Waals surface area contributed by atoms with Gasteiger partial charge in [0.25, 0.3) is 0 Å². The molecule has 1 aromatic rings. The number of hydrogen-bond acceptors (Lipinski definition) is 3. The molecule has 0 bridgehead atoms. The fourth-order valence-corrected chi connectivity index (χ4v) is 2.64. The number of benzene rings is 1. The molecule has 1 atom stereocenters. The molecule has 1 aliphatic rings. The van der Waals surface area contributed by atoms with Crippen molar-refractivity contribution < 1.29 is 23.1 Å². The van der Waals surface area contributed by atoms with E-state index < -0.39 is 29.1 Å². The third-order valence-electron chi connectivity index (χ3n) is 3.65. The van der Waals surface area contributed by atoms with Crippen LogP contribution >= 0.6 is 0 Å². The molecule has 1 aliphatic heterocycles. The minimum atomic E-state index is -0.752. The van der Waals surface area contributed by atoms with Gasteiger partial charge in [0, 0.05) is 19.0 Å². The van der Waals surface area contributed by atoms with Crippen LogP contribution in [0.15, 0.2) is 18.2 Å². The van der Waals surface area contributed by atoms with Crippen molar-refractivity contribution >= 4 is 11.9 Å². The van der Waals surface area contributed by atoms with Gasteiger partial charge in [-0.15, -0.1) is 0 Å². The minimum absolute atomic E-state index is 0.0420. The Morgan fingerprint density at radius 3 is 2.65 bits per heavy atom. The number of hydrogen-bond donors (Lipinski definition) is 0. The molecule has 0 aromatic heterocycles. The Kier molecular flexibility index (Phi) is 5.02. The van der Waals surface area contributed by atoms with Crippen LogP contribution in [0.1, 0.15) is 50.4 Å². The molecule has 6 heteroatoms. The molecule has 1 unspecified atom stereocenters. The van der Waals surface area contributed by atoms with Crippen molar-refractivity contribution in [2.45, 2.75) is 51.7 Å². The highest BCUT2D eigenvalue weighted by molar-refractivity contribution is 5.97. The van der Waals surface area contributed by atoms with Gasteiger partial charge in [0.1, 0.15) is 17.2 Å². The minimum Gasteiger partial charge on any atom is -0.444 e. The lowest BCUT2D eigenvalue weighted by Crippen LogP contribution is -2.40. The average Bonchev–Trinajstić information content (AvgIpc) is 2.87. The molecule has 0 aliphatic carbocycles. The number of likely N-dealkylation sites (tertiary alicyclic amines) is 1. The van der Waals surface area contributed by atoms with Gasteiger partial charge in [0.05, 0.1) is 5.56 Å². The number of carbonyl (C=O) groups is 2. The van der Waals surface area contributed by atoms with E-state index in [1.54, 1.807) is 20.8 Å². The number of nitrogens with zero attached hydrogens (tertiary/aromatic N) is 1. The van der Waals surface area contributed by atoms with E-state index in [1.807, 2.05) is 0 Å². The van der Waals surface area contributed by atoms with E-state index in [0.29, 0.717) is 13.0 Å². The molecule has 4 nitrogen and oxygen atoms in total. The Morgan fingerprint density at radius 2 is 2.00 bits per heavy atom. The number of amides is 1. The number of ether oxygens (including phenoxy) is 1. The van der Waals surface area contributed by atoms with E-state index in [9.17, 15) is 18.4 Å². The first kappa shape index (κ1) is 17.4. The van der Waals surface area contributed by atoms with Crippen molar-refractivity contribution in [2.24, 2.45) is 0 Å². The van der Waals surface area contributed by atoms with Crippen LogP contribution in [0.5, 0.6) is 0 Å². The van der Waals surface area contributed by atoms with E-state index in [4.69, 9.17) is 4.74 Å². The average molecular weight is 325 g/mol. The van der Waals surface area contributed by atoms with Gasteiger partial charge in [-0.1, -0.05) is 0 Å². The van der Waals surface area contributed by atoms with Crippen molar-refractivity contribution in [3.05, 3.63) is 35.4 Å². The van der Waals surface area contributed by atoms with Gasteiger partial charge in [-0.2, -0.15) is 0 Å². The van der Waals surface area contributed by atoms with Gasteiger partial charge in [0.2, 0.25) is 0 Å². The quantitative estimate of drug-likeness (QED) is 0.791. The van der Waals surface area contributed by atoms with E-state index in [0.717, 1.165) is 24.6 Å². The second-order valence-corrected chi connectivity index (χ2v) is 6.72. The molecule has 0 radical (unpaired) electrons. The number of carbonyl (C=O) groups excluding carboxylic acids is 2. The summed E-state index contributed by atoms with van der Waals surface area (Å²) in [6, 6.07) is 2.45. The van der Waals surface area contributed by atoms with Gasteiger partial charge in [-0.3, -0.25) is 4.79 Å². The lowest BCUT2D eigenvalue weighted by Gasteiger charge is -2.28. The molecular weight excluding hydrogens is 304 g/mol. The van der Waals surface area contributed by atoms with Crippen LogP contribution < -0.4 is 0 Å². The van der Waals surface area contributed by atoms with Crippen LogP contribution in [0.25, 0.3) is 0 Å². The summed E-state index contributed by atoms with van der Waals surface area (Å²) >= 11 is 0. The van der Waals surface area contributed by atoms with Gasteiger partial charge in [-0.05, 0) is 51.8 Å². The first-order chi connectivity index (χ1) is 10.7. The van der Waals surface area contributed by atoms with Crippen molar-refractivity contribution in [1.82, 2.24) is 4.90 Å². The third kappa shape index (κ3) is 4.50. The number of halogens is 2. The van der Waals surface area contributed by atoms with Crippen LogP contribution in [0, 0.1) is 11.6 Å². The molecular formula is C17H21F2NO3. The molecule has 0 spiro atoms. The molecule has 1 amide bonds. The lowest BCUT2D eigenvalue weighted by molar-refractivity contribution is 0.0223. The fraction of sp³-hybridized carbons (Fsp3) is 0.529. The summed E-state index contributed by atoms with van der Waals surface area (Å²) < 4.78 is 32.2. The standard InChI is InChI=1S/C17H21F2NO3/c1-17(2,3)23-16(22)20-8-4-5-12(20)10-15(21)13-9-11(18)6-7-14(13)19/h6-7,9,12H,4-5,8,10H2,1-3H3. The molecule has 1 aromatic carbocycles. The zero-order valence-corrected chi connectivity index (χ0v) is 13.6. The Morgan fingerprint density at radius 1 is 1.30 bits per heavy atom. The van der Waals surface area contributed by atoms with Crippen molar-refractivity contribution in [3.8, 4) is 0 Å². The largest absolute Gasteiger partial charge is 0.444 e. The summed E-state index contributed by atoms with van der Waals surface area (Å²) in [5.41, 5.74) is -0.899. The van der Waals surface area contributed by atoms with Gasteiger partial charge < -0.3 is 9.64 Å². The maximum atomic E-state index is 13.7. The third-order valence-corrected chi connectivity index (χ3v) is 3.65. The first-order valence-electron chi connectivity index (χ1n) is 7.65. The number of ketones is 1. The van der Waals surface area contributed by atoms with Gasteiger partial charge in [-0.25, -0.2) is 13.6 Å².